The Morgan fingerprint density at radius 3 is 2.39 bits per heavy atom. The van der Waals surface area contributed by atoms with Crippen LogP contribution in [0, 0.1) is 11.2 Å². The van der Waals surface area contributed by atoms with Crippen molar-refractivity contribution in [2.24, 2.45) is 5.41 Å². The van der Waals surface area contributed by atoms with E-state index >= 15 is 0 Å². The Morgan fingerprint density at radius 2 is 1.66 bits per heavy atom. The van der Waals surface area contributed by atoms with E-state index in [1.807, 2.05) is 36.4 Å². The summed E-state index contributed by atoms with van der Waals surface area (Å²) >= 11 is 0. The lowest BCUT2D eigenvalue weighted by molar-refractivity contribution is 0.0998. The van der Waals surface area contributed by atoms with Crippen molar-refractivity contribution in [2.45, 2.75) is 12.8 Å². The highest BCUT2D eigenvalue weighted by Crippen LogP contribution is 2.45. The SMILES string of the molecule is O=C(c1ccccc1)N(c1ccccc1)c1cc(F)ccc1Oc1cncnc1N1CC2(CCNCC2)C1. The van der Waals surface area contributed by atoms with E-state index in [2.05, 4.69) is 20.2 Å². The summed E-state index contributed by atoms with van der Waals surface area (Å²) in [5, 5.41) is 3.43. The van der Waals surface area contributed by atoms with Gasteiger partial charge in [0.15, 0.2) is 17.3 Å². The number of ether oxygens (including phenoxy) is 1. The molecule has 2 fully saturated rings. The fourth-order valence-corrected chi connectivity index (χ4v) is 5.33. The van der Waals surface area contributed by atoms with Gasteiger partial charge in [0, 0.05) is 35.8 Å². The van der Waals surface area contributed by atoms with Crippen molar-refractivity contribution < 1.29 is 13.9 Å². The van der Waals surface area contributed by atoms with Gasteiger partial charge < -0.3 is 15.0 Å². The van der Waals surface area contributed by atoms with Crippen molar-refractivity contribution in [1.82, 2.24) is 15.3 Å². The molecule has 0 atom stereocenters. The topological polar surface area (TPSA) is 70.6 Å². The van der Waals surface area contributed by atoms with Crippen molar-refractivity contribution in [2.75, 3.05) is 36.0 Å². The number of rotatable bonds is 6. The minimum Gasteiger partial charge on any atom is -0.450 e. The Balaban J connectivity index is 1.36. The molecule has 0 unspecified atom stereocenters. The lowest BCUT2D eigenvalue weighted by Crippen LogP contribution is -2.60. The summed E-state index contributed by atoms with van der Waals surface area (Å²) in [7, 11) is 0. The Bertz CT molecular complexity index is 1420. The maximum absolute atomic E-state index is 14.7. The maximum Gasteiger partial charge on any atom is 0.262 e. The monoisotopic (exact) mass is 509 g/mol. The number of anilines is 3. The molecule has 1 spiro atoms. The van der Waals surface area contributed by atoms with Crippen LogP contribution in [0.25, 0.3) is 0 Å². The second-order valence-electron chi connectivity index (χ2n) is 9.87. The first-order chi connectivity index (χ1) is 18.6. The molecule has 2 saturated heterocycles. The Hall–Kier alpha value is -4.30. The van der Waals surface area contributed by atoms with E-state index in [1.54, 1.807) is 36.5 Å². The second-order valence-corrected chi connectivity index (χ2v) is 9.87. The normalized spacial score (nSPS) is 16.1. The molecule has 2 aliphatic rings. The molecule has 192 valence electrons. The summed E-state index contributed by atoms with van der Waals surface area (Å²) in [4.78, 5) is 26.2. The van der Waals surface area contributed by atoms with E-state index in [0.29, 0.717) is 39.7 Å². The number of carbonyl (C=O) groups is 1. The van der Waals surface area contributed by atoms with Gasteiger partial charge in [-0.15, -0.1) is 0 Å². The van der Waals surface area contributed by atoms with Crippen LogP contribution in [0.15, 0.2) is 91.4 Å². The number of aromatic nitrogens is 2. The van der Waals surface area contributed by atoms with E-state index < -0.39 is 5.82 Å². The maximum atomic E-state index is 14.7. The van der Waals surface area contributed by atoms with Crippen LogP contribution in [-0.2, 0) is 0 Å². The molecular weight excluding hydrogens is 481 g/mol. The third-order valence-corrected chi connectivity index (χ3v) is 7.30. The molecule has 4 aromatic rings. The predicted molar refractivity (Wildman–Crippen MR) is 145 cm³/mol. The average Bonchev–Trinajstić information content (AvgIpc) is 2.95. The zero-order chi connectivity index (χ0) is 26.0. The van der Waals surface area contributed by atoms with Gasteiger partial charge >= 0.3 is 0 Å². The molecule has 8 heteroatoms. The summed E-state index contributed by atoms with van der Waals surface area (Å²) in [5.74, 6) is 0.707. The molecule has 0 radical (unpaired) electrons. The number of carbonyl (C=O) groups excluding carboxylic acids is 1. The molecule has 1 amide bonds. The van der Waals surface area contributed by atoms with Gasteiger partial charge in [-0.05, 0) is 62.3 Å². The van der Waals surface area contributed by atoms with Crippen LogP contribution in [0.2, 0.25) is 0 Å². The fraction of sp³-hybridized carbons (Fsp3) is 0.233. The van der Waals surface area contributed by atoms with Gasteiger partial charge in [-0.2, -0.15) is 0 Å². The highest BCUT2D eigenvalue weighted by Gasteiger charge is 2.44. The number of hydrogen-bond donors (Lipinski definition) is 1. The number of para-hydroxylation sites is 1. The first kappa shape index (κ1) is 24.1. The summed E-state index contributed by atoms with van der Waals surface area (Å²) in [6.45, 7) is 3.87. The van der Waals surface area contributed by atoms with E-state index in [4.69, 9.17) is 4.74 Å². The number of hydrogen-bond acceptors (Lipinski definition) is 6. The molecular formula is C30H28FN5O2. The molecule has 0 saturated carbocycles. The van der Waals surface area contributed by atoms with Gasteiger partial charge in [0.2, 0.25) is 0 Å². The third kappa shape index (κ3) is 4.70. The van der Waals surface area contributed by atoms with Gasteiger partial charge in [-0.1, -0.05) is 36.4 Å². The number of benzene rings is 3. The van der Waals surface area contributed by atoms with E-state index in [-0.39, 0.29) is 5.91 Å². The van der Waals surface area contributed by atoms with Crippen molar-refractivity contribution in [3.63, 3.8) is 0 Å². The fourth-order valence-electron chi connectivity index (χ4n) is 5.33. The largest absolute Gasteiger partial charge is 0.450 e. The number of piperidine rings is 1. The second kappa shape index (κ2) is 10.2. The minimum atomic E-state index is -0.478. The van der Waals surface area contributed by atoms with Gasteiger partial charge in [0.1, 0.15) is 12.1 Å². The Labute approximate surface area is 220 Å². The highest BCUT2D eigenvalue weighted by molar-refractivity contribution is 6.11. The summed E-state index contributed by atoms with van der Waals surface area (Å²) in [6, 6.07) is 22.3. The molecule has 7 nitrogen and oxygen atoms in total. The Kier molecular flexibility index (Phi) is 6.47. The zero-order valence-electron chi connectivity index (χ0n) is 20.9. The van der Waals surface area contributed by atoms with Crippen LogP contribution in [-0.4, -0.2) is 42.1 Å². The van der Waals surface area contributed by atoms with Crippen molar-refractivity contribution in [1.29, 1.82) is 0 Å². The molecule has 0 aliphatic carbocycles. The molecule has 3 heterocycles. The third-order valence-electron chi connectivity index (χ3n) is 7.30. The van der Waals surface area contributed by atoms with E-state index in [1.165, 1.54) is 23.4 Å². The molecule has 3 aromatic carbocycles. The van der Waals surface area contributed by atoms with Crippen molar-refractivity contribution in [3.05, 3.63) is 103 Å². The standard InChI is InChI=1S/C30H28FN5O2/c31-23-11-12-26(38-27-18-33-21-34-28(27)35-19-30(20-35)13-15-32-16-14-30)25(17-23)36(24-9-5-2-6-10-24)29(37)22-7-3-1-4-8-22/h1-12,17-18,21,32H,13-16,19-20H2. The number of nitrogens with zero attached hydrogens (tertiary/aromatic N) is 4. The van der Waals surface area contributed by atoms with Crippen molar-refractivity contribution in [3.8, 4) is 11.5 Å². The van der Waals surface area contributed by atoms with Crippen LogP contribution in [0.4, 0.5) is 21.6 Å². The van der Waals surface area contributed by atoms with Gasteiger partial charge in [-0.3, -0.25) is 9.69 Å². The molecule has 1 N–H and O–H groups in total. The summed E-state index contributed by atoms with van der Waals surface area (Å²) < 4.78 is 21.0. The molecule has 6 rings (SSSR count). The minimum absolute atomic E-state index is 0.290. The first-order valence-electron chi connectivity index (χ1n) is 12.8. The highest BCUT2D eigenvalue weighted by atomic mass is 19.1. The Morgan fingerprint density at radius 1 is 0.947 bits per heavy atom. The zero-order valence-corrected chi connectivity index (χ0v) is 20.9. The van der Waals surface area contributed by atoms with Crippen LogP contribution in [0.5, 0.6) is 11.5 Å². The number of amides is 1. The molecule has 0 bridgehead atoms. The first-order valence-corrected chi connectivity index (χ1v) is 12.8. The predicted octanol–water partition coefficient (Wildman–Crippen LogP) is 5.58. The lowest BCUT2D eigenvalue weighted by Gasteiger charge is -2.53. The van der Waals surface area contributed by atoms with Crippen LogP contribution in [0.3, 0.4) is 0 Å². The van der Waals surface area contributed by atoms with Gasteiger partial charge in [0.05, 0.1) is 11.9 Å². The molecule has 2 aliphatic heterocycles. The molecule has 38 heavy (non-hydrogen) atoms. The van der Waals surface area contributed by atoms with Gasteiger partial charge in [0.25, 0.3) is 5.91 Å². The molecule has 1 aromatic heterocycles. The van der Waals surface area contributed by atoms with Crippen LogP contribution in [0.1, 0.15) is 23.2 Å². The van der Waals surface area contributed by atoms with Crippen molar-refractivity contribution >= 4 is 23.1 Å². The summed E-state index contributed by atoms with van der Waals surface area (Å²) in [5.41, 5.74) is 1.67. The smallest absolute Gasteiger partial charge is 0.262 e. The lowest BCUT2D eigenvalue weighted by atomic mass is 9.72. The summed E-state index contributed by atoms with van der Waals surface area (Å²) in [6.07, 6.45) is 5.41. The van der Waals surface area contributed by atoms with E-state index in [9.17, 15) is 9.18 Å². The number of nitrogens with one attached hydrogen (secondary N) is 1. The van der Waals surface area contributed by atoms with Gasteiger partial charge in [-0.25, -0.2) is 14.4 Å². The average molecular weight is 510 g/mol. The van der Waals surface area contributed by atoms with E-state index in [0.717, 1.165) is 39.0 Å². The van der Waals surface area contributed by atoms with Crippen LogP contribution < -0.4 is 19.9 Å². The quantitative estimate of drug-likeness (QED) is 0.366. The van der Waals surface area contributed by atoms with Crippen LogP contribution >= 0.6 is 0 Å². The number of halogens is 1.